The largest absolute Gasteiger partial charge is 0.496 e. The van der Waals surface area contributed by atoms with Crippen LogP contribution in [0.25, 0.3) is 11.1 Å². The number of carbonyl (C=O) groups excluding carboxylic acids is 1. The number of aryl methyl sites for hydroxylation is 2. The smallest absolute Gasteiger partial charge is 0.255 e. The van der Waals surface area contributed by atoms with E-state index in [2.05, 4.69) is 41.6 Å². The molecule has 0 bridgehead atoms. The van der Waals surface area contributed by atoms with Crippen LogP contribution in [-0.2, 0) is 18.2 Å². The lowest BCUT2D eigenvalue weighted by Crippen LogP contribution is -2.49. The Hall–Kier alpha value is -3.16. The number of methoxy groups -OCH3 is 1. The van der Waals surface area contributed by atoms with Crippen molar-refractivity contribution in [3.05, 3.63) is 70.0 Å². The van der Waals surface area contributed by atoms with E-state index in [9.17, 15) is 9.90 Å². The molecule has 3 aromatic rings. The molecule has 0 unspecified atom stereocenters. The minimum atomic E-state index is -0.614. The van der Waals surface area contributed by atoms with Gasteiger partial charge in [-0.3, -0.25) is 9.48 Å². The van der Waals surface area contributed by atoms with Gasteiger partial charge in [0, 0.05) is 25.4 Å². The van der Waals surface area contributed by atoms with Gasteiger partial charge in [-0.15, -0.1) is 0 Å². The summed E-state index contributed by atoms with van der Waals surface area (Å²) in [6.45, 7) is 6.85. The molecule has 1 aromatic heterocycles. The number of rotatable bonds is 6. The summed E-state index contributed by atoms with van der Waals surface area (Å²) in [6, 6.07) is 9.95. The Kier molecular flexibility index (Phi) is 7.05. The van der Waals surface area contributed by atoms with Crippen LogP contribution in [0.5, 0.6) is 5.75 Å². The van der Waals surface area contributed by atoms with Crippen molar-refractivity contribution in [2.45, 2.75) is 45.8 Å². The van der Waals surface area contributed by atoms with Crippen molar-refractivity contribution in [2.24, 2.45) is 7.05 Å². The van der Waals surface area contributed by atoms with Crippen LogP contribution in [0, 0.1) is 20.8 Å². The molecular formula is C27H33N3O4. The number of nitrogens with zero attached hydrogens (tertiary/aromatic N) is 2. The van der Waals surface area contributed by atoms with Crippen molar-refractivity contribution in [1.82, 2.24) is 15.1 Å². The summed E-state index contributed by atoms with van der Waals surface area (Å²) in [5.74, 6) is 0.297. The zero-order valence-electron chi connectivity index (χ0n) is 20.5. The zero-order chi connectivity index (χ0) is 24.4. The topological polar surface area (TPSA) is 85.6 Å². The molecule has 1 saturated heterocycles. The van der Waals surface area contributed by atoms with E-state index in [4.69, 9.17) is 9.47 Å². The molecule has 1 fully saturated rings. The molecular weight excluding hydrogens is 430 g/mol. The molecule has 1 aliphatic heterocycles. The number of amides is 1. The van der Waals surface area contributed by atoms with Crippen molar-refractivity contribution in [2.75, 3.05) is 20.3 Å². The molecule has 7 nitrogen and oxygen atoms in total. The molecule has 180 valence electrons. The number of carbonyl (C=O) groups is 1. The predicted octanol–water partition coefficient (Wildman–Crippen LogP) is 3.49. The average Bonchev–Trinajstić information content (AvgIpc) is 3.16. The summed E-state index contributed by atoms with van der Waals surface area (Å²) in [5, 5.41) is 17.6. The molecule has 2 N–H and O–H groups in total. The fourth-order valence-electron chi connectivity index (χ4n) is 4.59. The third kappa shape index (κ3) is 4.86. The van der Waals surface area contributed by atoms with Crippen LogP contribution in [0.15, 0.2) is 36.5 Å². The standard InChI is InChI=1S/C27H33N3O4/c1-16-17(2)26(33-5)22(27(32)28-24-15-34-11-10-25(24)31)13-21(16)12-19-6-8-20(9-7-19)23-14-30(4)29-18(23)3/h6-9,13-14,24-25,31H,10-12,15H2,1-5H3,(H,28,32)/t24-,25-/m0/s1. The first-order valence-electron chi connectivity index (χ1n) is 11.6. The fraction of sp³-hybridized carbons (Fsp3) is 0.407. The number of hydrogen-bond donors (Lipinski definition) is 2. The van der Waals surface area contributed by atoms with Crippen molar-refractivity contribution >= 4 is 5.91 Å². The maximum absolute atomic E-state index is 13.2. The predicted molar refractivity (Wildman–Crippen MR) is 131 cm³/mol. The maximum Gasteiger partial charge on any atom is 0.255 e. The number of benzene rings is 2. The van der Waals surface area contributed by atoms with Gasteiger partial charge in [-0.05, 0) is 67.5 Å². The van der Waals surface area contributed by atoms with E-state index in [1.807, 2.05) is 37.8 Å². The number of hydrogen-bond acceptors (Lipinski definition) is 5. The van der Waals surface area contributed by atoms with Gasteiger partial charge in [-0.1, -0.05) is 24.3 Å². The molecule has 2 aromatic carbocycles. The van der Waals surface area contributed by atoms with E-state index in [0.29, 0.717) is 37.4 Å². The van der Waals surface area contributed by atoms with Gasteiger partial charge in [0.2, 0.25) is 0 Å². The second kappa shape index (κ2) is 9.99. The molecule has 2 atom stereocenters. The molecule has 0 saturated carbocycles. The lowest BCUT2D eigenvalue weighted by molar-refractivity contribution is -0.0140. The van der Waals surface area contributed by atoms with Gasteiger partial charge in [0.15, 0.2) is 0 Å². The SMILES string of the molecule is COc1c(C(=O)N[C@H]2COCC[C@@H]2O)cc(Cc2ccc(-c3cn(C)nc3C)cc2)c(C)c1C. The molecule has 2 heterocycles. The van der Waals surface area contributed by atoms with E-state index in [1.54, 1.807) is 7.11 Å². The Bertz CT molecular complexity index is 1180. The molecule has 0 aliphatic carbocycles. The third-order valence-electron chi connectivity index (χ3n) is 6.71. The second-order valence-corrected chi connectivity index (χ2v) is 9.05. The van der Waals surface area contributed by atoms with E-state index < -0.39 is 12.1 Å². The maximum atomic E-state index is 13.2. The number of aliphatic hydroxyl groups excluding tert-OH is 1. The lowest BCUT2D eigenvalue weighted by Gasteiger charge is -2.29. The number of ether oxygens (including phenoxy) is 2. The Labute approximate surface area is 200 Å². The lowest BCUT2D eigenvalue weighted by atomic mass is 9.92. The first-order valence-corrected chi connectivity index (χ1v) is 11.6. The average molecular weight is 464 g/mol. The summed E-state index contributed by atoms with van der Waals surface area (Å²) in [7, 11) is 3.51. The molecule has 4 rings (SSSR count). The zero-order valence-corrected chi connectivity index (χ0v) is 20.5. The van der Waals surface area contributed by atoms with Crippen molar-refractivity contribution in [3.8, 4) is 16.9 Å². The van der Waals surface area contributed by atoms with Gasteiger partial charge in [-0.25, -0.2) is 0 Å². The van der Waals surface area contributed by atoms with Gasteiger partial charge in [0.25, 0.3) is 5.91 Å². The Morgan fingerprint density at radius 3 is 2.59 bits per heavy atom. The summed E-state index contributed by atoms with van der Waals surface area (Å²) >= 11 is 0. The van der Waals surface area contributed by atoms with Crippen LogP contribution < -0.4 is 10.1 Å². The highest BCUT2D eigenvalue weighted by Crippen LogP contribution is 2.31. The highest BCUT2D eigenvalue weighted by Gasteiger charge is 2.27. The van der Waals surface area contributed by atoms with Crippen molar-refractivity contribution in [1.29, 1.82) is 0 Å². The van der Waals surface area contributed by atoms with Crippen LogP contribution in [0.2, 0.25) is 0 Å². The van der Waals surface area contributed by atoms with Gasteiger partial charge < -0.3 is 19.9 Å². The van der Waals surface area contributed by atoms with Crippen molar-refractivity contribution < 1.29 is 19.4 Å². The summed E-state index contributed by atoms with van der Waals surface area (Å²) < 4.78 is 12.9. The van der Waals surface area contributed by atoms with Gasteiger partial charge in [-0.2, -0.15) is 5.10 Å². The Balaban J connectivity index is 1.60. The fourth-order valence-corrected chi connectivity index (χ4v) is 4.59. The monoisotopic (exact) mass is 463 g/mol. The molecule has 34 heavy (non-hydrogen) atoms. The van der Waals surface area contributed by atoms with E-state index >= 15 is 0 Å². The normalized spacial score (nSPS) is 18.1. The van der Waals surface area contributed by atoms with Crippen LogP contribution in [0.3, 0.4) is 0 Å². The quantitative estimate of drug-likeness (QED) is 0.585. The van der Waals surface area contributed by atoms with Crippen LogP contribution in [0.1, 0.15) is 44.7 Å². The first kappa shape index (κ1) is 24.0. The van der Waals surface area contributed by atoms with Crippen LogP contribution in [-0.4, -0.2) is 53.3 Å². The van der Waals surface area contributed by atoms with Crippen molar-refractivity contribution in [3.63, 3.8) is 0 Å². The minimum Gasteiger partial charge on any atom is -0.496 e. The molecule has 1 aliphatic rings. The molecule has 1 amide bonds. The first-order chi connectivity index (χ1) is 16.3. The number of aromatic nitrogens is 2. The summed E-state index contributed by atoms with van der Waals surface area (Å²) in [5.41, 5.74) is 7.98. The van der Waals surface area contributed by atoms with Gasteiger partial charge >= 0.3 is 0 Å². The van der Waals surface area contributed by atoms with Crippen LogP contribution >= 0.6 is 0 Å². The number of nitrogens with one attached hydrogen (secondary N) is 1. The summed E-state index contributed by atoms with van der Waals surface area (Å²) in [6.07, 6.45) is 2.62. The van der Waals surface area contributed by atoms with E-state index in [-0.39, 0.29) is 5.91 Å². The number of aliphatic hydroxyl groups is 1. The van der Waals surface area contributed by atoms with Gasteiger partial charge in [0.05, 0.1) is 37.1 Å². The molecule has 0 radical (unpaired) electrons. The molecule has 0 spiro atoms. The summed E-state index contributed by atoms with van der Waals surface area (Å²) in [4.78, 5) is 13.2. The van der Waals surface area contributed by atoms with Crippen LogP contribution in [0.4, 0.5) is 0 Å². The molecule has 7 heteroatoms. The highest BCUT2D eigenvalue weighted by molar-refractivity contribution is 5.98. The third-order valence-corrected chi connectivity index (χ3v) is 6.71. The Morgan fingerprint density at radius 2 is 1.97 bits per heavy atom. The van der Waals surface area contributed by atoms with Gasteiger partial charge in [0.1, 0.15) is 5.75 Å². The van der Waals surface area contributed by atoms with E-state index in [1.165, 1.54) is 0 Å². The minimum absolute atomic E-state index is 0.266. The van der Waals surface area contributed by atoms with E-state index in [0.717, 1.165) is 39.1 Å². The second-order valence-electron chi connectivity index (χ2n) is 9.05. The Morgan fingerprint density at radius 1 is 1.24 bits per heavy atom. The highest BCUT2D eigenvalue weighted by atomic mass is 16.5.